The monoisotopic (exact) mass is 389 g/mol. The molecular weight excluding hydrogens is 366 g/mol. The maximum Gasteiger partial charge on any atom is 0.223 e. The molecule has 2 fully saturated rings. The maximum atomic E-state index is 6.07. The number of hydrogen-bond donors (Lipinski definition) is 1. The molecule has 5 rings (SSSR count). The number of aromatic nitrogens is 2. The molecular formula is C23H23N3O3. The van der Waals surface area contributed by atoms with E-state index < -0.39 is 0 Å². The molecule has 0 bridgehead atoms. The van der Waals surface area contributed by atoms with Crippen LogP contribution in [-0.4, -0.2) is 47.5 Å². The van der Waals surface area contributed by atoms with E-state index in [1.807, 2.05) is 54.6 Å². The van der Waals surface area contributed by atoms with Gasteiger partial charge in [-0.3, -0.25) is 0 Å². The molecule has 1 aromatic heterocycles. The van der Waals surface area contributed by atoms with Crippen molar-refractivity contribution in [3.63, 3.8) is 0 Å². The van der Waals surface area contributed by atoms with Crippen LogP contribution in [0.2, 0.25) is 0 Å². The molecule has 0 radical (unpaired) electrons. The lowest BCUT2D eigenvalue weighted by Gasteiger charge is -2.18. The summed E-state index contributed by atoms with van der Waals surface area (Å²) in [6.45, 7) is 1.63. The normalized spacial score (nSPS) is 25.7. The molecule has 0 spiro atoms. The van der Waals surface area contributed by atoms with E-state index in [-0.39, 0.29) is 24.4 Å². The van der Waals surface area contributed by atoms with Gasteiger partial charge in [0.15, 0.2) is 0 Å². The Hall–Kier alpha value is -2.80. The molecule has 0 unspecified atom stereocenters. The highest BCUT2D eigenvalue weighted by Crippen LogP contribution is 2.31. The molecule has 6 nitrogen and oxygen atoms in total. The molecule has 6 heteroatoms. The van der Waals surface area contributed by atoms with Crippen molar-refractivity contribution in [2.45, 2.75) is 31.0 Å². The quantitative estimate of drug-likeness (QED) is 0.698. The van der Waals surface area contributed by atoms with Crippen LogP contribution in [0.25, 0.3) is 11.3 Å². The molecule has 2 aliphatic heterocycles. The largest absolute Gasteiger partial charge is 0.370 e. The molecule has 2 aromatic carbocycles. The molecule has 3 heterocycles. The van der Waals surface area contributed by atoms with Gasteiger partial charge in [0.05, 0.1) is 31.6 Å². The van der Waals surface area contributed by atoms with E-state index in [4.69, 9.17) is 14.2 Å². The molecule has 3 aromatic rings. The van der Waals surface area contributed by atoms with E-state index in [9.17, 15) is 0 Å². The second-order valence-corrected chi connectivity index (χ2v) is 7.31. The van der Waals surface area contributed by atoms with E-state index in [1.165, 1.54) is 0 Å². The Kier molecular flexibility index (Phi) is 5.21. The highest BCUT2D eigenvalue weighted by atomic mass is 16.6. The standard InChI is InChI=1S/C23H23N3O3/c1-3-7-16(8-4-1)13-27-20-15-29-21-19(14-28-22(20)21)26-23-24-12-11-18(25-23)17-9-5-2-6-10-17/h1-12,19-22H,13-15H2,(H,24,25,26)/t19-,20+,21+,22+/m0/s1. The summed E-state index contributed by atoms with van der Waals surface area (Å²) >= 11 is 0. The molecule has 148 valence electrons. The van der Waals surface area contributed by atoms with Crippen molar-refractivity contribution < 1.29 is 14.2 Å². The van der Waals surface area contributed by atoms with Crippen LogP contribution in [0.1, 0.15) is 5.56 Å². The predicted octanol–water partition coefficient (Wildman–Crippen LogP) is 3.31. The third-order valence-electron chi connectivity index (χ3n) is 5.35. The molecule has 2 aliphatic rings. The summed E-state index contributed by atoms with van der Waals surface area (Å²) < 4.78 is 18.1. The van der Waals surface area contributed by atoms with Crippen LogP contribution in [-0.2, 0) is 20.8 Å². The maximum absolute atomic E-state index is 6.07. The first-order valence-electron chi connectivity index (χ1n) is 9.90. The van der Waals surface area contributed by atoms with Crippen LogP contribution in [0.15, 0.2) is 72.9 Å². The Morgan fingerprint density at radius 2 is 1.66 bits per heavy atom. The zero-order chi connectivity index (χ0) is 19.5. The third-order valence-corrected chi connectivity index (χ3v) is 5.35. The number of nitrogens with one attached hydrogen (secondary N) is 1. The van der Waals surface area contributed by atoms with Crippen molar-refractivity contribution in [2.24, 2.45) is 0 Å². The lowest BCUT2D eigenvalue weighted by molar-refractivity contribution is -0.0388. The van der Waals surface area contributed by atoms with Gasteiger partial charge in [-0.2, -0.15) is 0 Å². The van der Waals surface area contributed by atoms with Crippen LogP contribution < -0.4 is 5.32 Å². The fourth-order valence-corrected chi connectivity index (χ4v) is 3.87. The highest BCUT2D eigenvalue weighted by Gasteiger charge is 2.48. The van der Waals surface area contributed by atoms with Gasteiger partial charge in [0.25, 0.3) is 0 Å². The summed E-state index contributed by atoms with van der Waals surface area (Å²) in [5, 5.41) is 3.39. The second-order valence-electron chi connectivity index (χ2n) is 7.31. The van der Waals surface area contributed by atoms with Crippen molar-refractivity contribution in [1.82, 2.24) is 9.97 Å². The van der Waals surface area contributed by atoms with E-state index >= 15 is 0 Å². The zero-order valence-corrected chi connectivity index (χ0v) is 16.0. The van der Waals surface area contributed by atoms with Crippen molar-refractivity contribution in [3.8, 4) is 11.3 Å². The highest BCUT2D eigenvalue weighted by molar-refractivity contribution is 5.59. The molecule has 4 atom stereocenters. The van der Waals surface area contributed by atoms with Crippen molar-refractivity contribution >= 4 is 5.95 Å². The predicted molar refractivity (Wildman–Crippen MR) is 109 cm³/mol. The van der Waals surface area contributed by atoms with Crippen molar-refractivity contribution in [3.05, 3.63) is 78.5 Å². The molecule has 0 saturated carbocycles. The van der Waals surface area contributed by atoms with Crippen LogP contribution >= 0.6 is 0 Å². The van der Waals surface area contributed by atoms with Gasteiger partial charge in [0.2, 0.25) is 5.95 Å². The smallest absolute Gasteiger partial charge is 0.223 e. The first-order valence-corrected chi connectivity index (χ1v) is 9.90. The summed E-state index contributed by atoms with van der Waals surface area (Å²) in [5.74, 6) is 0.581. The Morgan fingerprint density at radius 1 is 0.897 bits per heavy atom. The number of benzene rings is 2. The van der Waals surface area contributed by atoms with Gasteiger partial charge in [0, 0.05) is 11.8 Å². The number of rotatable bonds is 6. The second kappa shape index (κ2) is 8.29. The zero-order valence-electron chi connectivity index (χ0n) is 16.0. The number of anilines is 1. The molecule has 1 N–H and O–H groups in total. The fourth-order valence-electron chi connectivity index (χ4n) is 3.87. The van der Waals surface area contributed by atoms with Crippen LogP contribution in [0.4, 0.5) is 5.95 Å². The van der Waals surface area contributed by atoms with Gasteiger partial charge in [-0.1, -0.05) is 60.7 Å². The lowest BCUT2D eigenvalue weighted by atomic mass is 10.1. The Labute approximate surface area is 169 Å². The van der Waals surface area contributed by atoms with E-state index in [1.54, 1.807) is 6.20 Å². The van der Waals surface area contributed by atoms with Gasteiger partial charge in [-0.05, 0) is 11.6 Å². The third kappa shape index (κ3) is 4.00. The number of nitrogens with zero attached hydrogens (tertiary/aromatic N) is 2. The first-order chi connectivity index (χ1) is 14.4. The summed E-state index contributed by atoms with van der Waals surface area (Å²) in [4.78, 5) is 9.02. The topological polar surface area (TPSA) is 65.5 Å². The van der Waals surface area contributed by atoms with Gasteiger partial charge < -0.3 is 19.5 Å². The van der Waals surface area contributed by atoms with Crippen molar-refractivity contribution in [1.29, 1.82) is 0 Å². The van der Waals surface area contributed by atoms with Crippen LogP contribution in [0, 0.1) is 0 Å². The minimum Gasteiger partial charge on any atom is -0.370 e. The molecule has 2 saturated heterocycles. The van der Waals surface area contributed by atoms with Crippen molar-refractivity contribution in [2.75, 3.05) is 18.5 Å². The summed E-state index contributed by atoms with van der Waals surface area (Å²) in [7, 11) is 0. The minimum absolute atomic E-state index is 0.00338. The molecule has 29 heavy (non-hydrogen) atoms. The van der Waals surface area contributed by atoms with Gasteiger partial charge >= 0.3 is 0 Å². The Bertz CT molecular complexity index is 938. The van der Waals surface area contributed by atoms with E-state index in [0.29, 0.717) is 25.8 Å². The average molecular weight is 389 g/mol. The molecule has 0 amide bonds. The number of hydrogen-bond acceptors (Lipinski definition) is 6. The van der Waals surface area contributed by atoms with Gasteiger partial charge in [-0.25, -0.2) is 9.97 Å². The summed E-state index contributed by atoms with van der Waals surface area (Å²) in [5.41, 5.74) is 3.09. The summed E-state index contributed by atoms with van der Waals surface area (Å²) in [6, 6.07) is 22.1. The Balaban J connectivity index is 1.22. The lowest BCUT2D eigenvalue weighted by Crippen LogP contribution is -2.37. The first kappa shape index (κ1) is 18.2. The van der Waals surface area contributed by atoms with Crippen LogP contribution in [0.5, 0.6) is 0 Å². The molecule has 0 aliphatic carbocycles. The minimum atomic E-state index is -0.0754. The fraction of sp³-hybridized carbons (Fsp3) is 0.304. The summed E-state index contributed by atoms with van der Waals surface area (Å²) in [6.07, 6.45) is 1.56. The SMILES string of the molecule is c1ccc(CO[C@@H]2CO[C@H]3[C@@H]2OC[C@@H]3Nc2nccc(-c3ccccc3)n2)cc1. The van der Waals surface area contributed by atoms with E-state index in [2.05, 4.69) is 27.4 Å². The average Bonchev–Trinajstić information content (AvgIpc) is 3.37. The van der Waals surface area contributed by atoms with Gasteiger partial charge in [0.1, 0.15) is 18.3 Å². The number of fused-ring (bicyclic) bond motifs is 1. The van der Waals surface area contributed by atoms with Crippen LogP contribution in [0.3, 0.4) is 0 Å². The van der Waals surface area contributed by atoms with Gasteiger partial charge in [-0.15, -0.1) is 0 Å². The Morgan fingerprint density at radius 3 is 2.48 bits per heavy atom. The number of ether oxygens (including phenoxy) is 3. The van der Waals surface area contributed by atoms with E-state index in [0.717, 1.165) is 16.8 Å².